The molecule has 1 rings (SSSR count). The highest BCUT2D eigenvalue weighted by Gasteiger charge is 2.34. The zero-order valence-electron chi connectivity index (χ0n) is 11.1. The number of carbonyl (C=O) groups excluding carboxylic acids is 1. The van der Waals surface area contributed by atoms with E-state index in [0.29, 0.717) is 13.0 Å². The van der Waals surface area contributed by atoms with Gasteiger partial charge in [-0.1, -0.05) is 18.7 Å². The van der Waals surface area contributed by atoms with Gasteiger partial charge in [-0.15, -0.1) is 0 Å². The fourth-order valence-electron chi connectivity index (χ4n) is 1.58. The largest absolute Gasteiger partial charge is 0.465 e. The Bertz CT molecular complexity index is 372. The molecule has 0 amide bonds. The number of nitrogens with zero attached hydrogens (tertiary/aromatic N) is 2. The first-order valence-electron chi connectivity index (χ1n) is 5.81. The monoisotopic (exact) mass is 289 g/mol. The zero-order chi connectivity index (χ0) is 13.6. The van der Waals surface area contributed by atoms with Gasteiger partial charge in [0.15, 0.2) is 4.34 Å². The predicted molar refractivity (Wildman–Crippen MR) is 73.9 cm³/mol. The summed E-state index contributed by atoms with van der Waals surface area (Å²) in [5.74, 6) is -0.211. The molecular formula is C11H19N3O2S2. The molecular weight excluding hydrogens is 270 g/mol. The smallest absolute Gasteiger partial charge is 0.326 e. The molecule has 18 heavy (non-hydrogen) atoms. The molecule has 0 bridgehead atoms. The van der Waals surface area contributed by atoms with Gasteiger partial charge >= 0.3 is 5.97 Å². The Morgan fingerprint density at radius 1 is 1.72 bits per heavy atom. The molecule has 0 radical (unpaired) electrons. The number of ether oxygens (including phenoxy) is 1. The maximum absolute atomic E-state index is 11.9. The molecule has 0 aromatic carbocycles. The number of nitrogens with one attached hydrogen (secondary N) is 1. The molecule has 1 heterocycles. The molecule has 0 aliphatic heterocycles. The minimum Gasteiger partial charge on any atom is -0.465 e. The van der Waals surface area contributed by atoms with E-state index in [1.807, 2.05) is 13.8 Å². The Labute approximate surface area is 116 Å². The fourth-order valence-corrected chi connectivity index (χ4v) is 3.52. The van der Waals surface area contributed by atoms with Crippen LogP contribution in [0.5, 0.6) is 0 Å². The summed E-state index contributed by atoms with van der Waals surface area (Å²) in [4.78, 5) is 16.0. The van der Waals surface area contributed by atoms with Crippen LogP contribution in [0.25, 0.3) is 0 Å². The minimum atomic E-state index is -0.660. The molecule has 7 heteroatoms. The summed E-state index contributed by atoms with van der Waals surface area (Å²) >= 11 is 2.99. The highest BCUT2D eigenvalue weighted by molar-refractivity contribution is 8.01. The normalized spacial score (nSPS) is 16.0. The van der Waals surface area contributed by atoms with Gasteiger partial charge in [-0.25, -0.2) is 4.98 Å². The molecule has 0 saturated carbocycles. The third-order valence-corrected chi connectivity index (χ3v) is 4.47. The Kier molecular flexibility index (Phi) is 6.04. The summed E-state index contributed by atoms with van der Waals surface area (Å²) in [6.45, 7) is 6.14. The third-order valence-electron chi connectivity index (χ3n) is 2.62. The van der Waals surface area contributed by atoms with Crippen molar-refractivity contribution < 1.29 is 9.53 Å². The van der Waals surface area contributed by atoms with Gasteiger partial charge in [-0.2, -0.15) is 4.37 Å². The van der Waals surface area contributed by atoms with Gasteiger partial charge in [-0.3, -0.25) is 4.79 Å². The standard InChI is InChI=1S/C11H19N3O2S2/c1-5-16-9(15)11(3,12-4)6-8(2)17-10-13-7-14-18-10/h7-8,12H,5-6H2,1-4H3. The average molecular weight is 289 g/mol. The van der Waals surface area contributed by atoms with E-state index < -0.39 is 5.54 Å². The van der Waals surface area contributed by atoms with Crippen molar-refractivity contribution in [3.05, 3.63) is 6.33 Å². The van der Waals surface area contributed by atoms with E-state index in [2.05, 4.69) is 21.6 Å². The second kappa shape index (κ2) is 7.06. The summed E-state index contributed by atoms with van der Waals surface area (Å²) in [6.07, 6.45) is 2.22. The molecule has 2 unspecified atom stereocenters. The SMILES string of the molecule is CCOC(=O)C(C)(CC(C)Sc1ncns1)NC. The highest BCUT2D eigenvalue weighted by atomic mass is 32.2. The molecule has 102 valence electrons. The average Bonchev–Trinajstić information content (AvgIpc) is 2.81. The van der Waals surface area contributed by atoms with Crippen molar-refractivity contribution in [3.63, 3.8) is 0 Å². The van der Waals surface area contributed by atoms with Crippen LogP contribution in [0.2, 0.25) is 0 Å². The van der Waals surface area contributed by atoms with Gasteiger partial charge in [0.1, 0.15) is 11.9 Å². The zero-order valence-corrected chi connectivity index (χ0v) is 12.7. The fraction of sp³-hybridized carbons (Fsp3) is 0.727. The first-order chi connectivity index (χ1) is 8.51. The van der Waals surface area contributed by atoms with Crippen LogP contribution < -0.4 is 5.32 Å². The second-order valence-electron chi connectivity index (χ2n) is 4.14. The van der Waals surface area contributed by atoms with Crippen LogP contribution in [0, 0.1) is 0 Å². The molecule has 0 aliphatic carbocycles. The van der Waals surface area contributed by atoms with Crippen LogP contribution in [0.3, 0.4) is 0 Å². The Morgan fingerprint density at radius 3 is 2.94 bits per heavy atom. The lowest BCUT2D eigenvalue weighted by molar-refractivity contribution is -0.150. The van der Waals surface area contributed by atoms with Crippen molar-refractivity contribution in [2.45, 2.75) is 42.3 Å². The minimum absolute atomic E-state index is 0.211. The van der Waals surface area contributed by atoms with Gasteiger partial charge in [0.25, 0.3) is 0 Å². The van der Waals surface area contributed by atoms with Crippen molar-refractivity contribution in [1.82, 2.24) is 14.7 Å². The summed E-state index contributed by atoms with van der Waals surface area (Å²) in [5.41, 5.74) is -0.660. The van der Waals surface area contributed by atoms with E-state index in [-0.39, 0.29) is 11.2 Å². The van der Waals surface area contributed by atoms with Crippen LogP contribution in [0.15, 0.2) is 10.7 Å². The number of esters is 1. The summed E-state index contributed by atoms with van der Waals surface area (Å²) < 4.78 is 9.98. The van der Waals surface area contributed by atoms with Gasteiger partial charge in [-0.05, 0) is 38.8 Å². The number of aromatic nitrogens is 2. The van der Waals surface area contributed by atoms with Crippen molar-refractivity contribution in [2.24, 2.45) is 0 Å². The van der Waals surface area contributed by atoms with Gasteiger partial charge in [0.05, 0.1) is 6.61 Å². The number of hydrogen-bond acceptors (Lipinski definition) is 7. The van der Waals surface area contributed by atoms with Crippen LogP contribution in [-0.4, -0.2) is 39.8 Å². The van der Waals surface area contributed by atoms with E-state index in [1.165, 1.54) is 11.5 Å². The number of likely N-dealkylation sites (N-methyl/N-ethyl adjacent to an activating group) is 1. The molecule has 0 spiro atoms. The lowest BCUT2D eigenvalue weighted by atomic mass is 9.96. The number of thioether (sulfide) groups is 1. The second-order valence-corrected chi connectivity index (χ2v) is 6.61. The molecule has 1 aromatic heterocycles. The highest BCUT2D eigenvalue weighted by Crippen LogP contribution is 2.29. The summed E-state index contributed by atoms with van der Waals surface area (Å²) in [6, 6.07) is 0. The number of rotatable bonds is 7. The maximum Gasteiger partial charge on any atom is 0.326 e. The molecule has 5 nitrogen and oxygen atoms in total. The predicted octanol–water partition coefficient (Wildman–Crippen LogP) is 1.95. The van der Waals surface area contributed by atoms with Gasteiger partial charge in [0.2, 0.25) is 0 Å². The topological polar surface area (TPSA) is 64.1 Å². The summed E-state index contributed by atoms with van der Waals surface area (Å²) in [5, 5.41) is 3.30. The van der Waals surface area contributed by atoms with E-state index in [1.54, 1.807) is 25.1 Å². The molecule has 1 aromatic rings. The van der Waals surface area contributed by atoms with Crippen molar-refractivity contribution in [1.29, 1.82) is 0 Å². The van der Waals surface area contributed by atoms with Crippen LogP contribution >= 0.6 is 23.3 Å². The van der Waals surface area contributed by atoms with Crippen LogP contribution in [-0.2, 0) is 9.53 Å². The van der Waals surface area contributed by atoms with Gasteiger partial charge < -0.3 is 10.1 Å². The van der Waals surface area contributed by atoms with Gasteiger partial charge in [0, 0.05) is 5.25 Å². The van der Waals surface area contributed by atoms with Crippen molar-refractivity contribution >= 4 is 29.3 Å². The van der Waals surface area contributed by atoms with E-state index in [4.69, 9.17) is 4.74 Å². The van der Waals surface area contributed by atoms with Crippen molar-refractivity contribution in [3.8, 4) is 0 Å². The number of hydrogen-bond donors (Lipinski definition) is 1. The quantitative estimate of drug-likeness (QED) is 0.611. The molecule has 0 saturated heterocycles. The molecule has 2 atom stereocenters. The van der Waals surface area contributed by atoms with Crippen LogP contribution in [0.1, 0.15) is 27.2 Å². The van der Waals surface area contributed by atoms with Crippen molar-refractivity contribution in [2.75, 3.05) is 13.7 Å². The Balaban J connectivity index is 2.58. The number of carbonyl (C=O) groups is 1. The van der Waals surface area contributed by atoms with E-state index in [0.717, 1.165) is 4.34 Å². The summed E-state index contributed by atoms with van der Waals surface area (Å²) in [7, 11) is 1.78. The van der Waals surface area contributed by atoms with E-state index in [9.17, 15) is 4.79 Å². The maximum atomic E-state index is 11.9. The van der Waals surface area contributed by atoms with Crippen LogP contribution in [0.4, 0.5) is 0 Å². The molecule has 1 N–H and O–H groups in total. The van der Waals surface area contributed by atoms with E-state index >= 15 is 0 Å². The third kappa shape index (κ3) is 4.22. The lowest BCUT2D eigenvalue weighted by Crippen LogP contribution is -2.50. The first kappa shape index (κ1) is 15.4. The lowest BCUT2D eigenvalue weighted by Gasteiger charge is -2.28. The molecule has 0 aliphatic rings. The Hall–Kier alpha value is -0.660. The Morgan fingerprint density at radius 2 is 2.44 bits per heavy atom. The first-order valence-corrected chi connectivity index (χ1v) is 7.46. The molecule has 0 fully saturated rings.